The van der Waals surface area contributed by atoms with E-state index in [-0.39, 0.29) is 23.6 Å². The fourth-order valence-electron chi connectivity index (χ4n) is 4.29. The second kappa shape index (κ2) is 9.96. The predicted octanol–water partition coefficient (Wildman–Crippen LogP) is 4.42. The Morgan fingerprint density at radius 3 is 2.23 bits per heavy atom. The van der Waals surface area contributed by atoms with Crippen LogP contribution in [0.4, 0.5) is 0 Å². The molecule has 1 unspecified atom stereocenters. The largest absolute Gasteiger partial charge is 0.349 e. The first kappa shape index (κ1) is 23.5. The smallest absolute Gasteiger partial charge is 0.223 e. The van der Waals surface area contributed by atoms with Crippen LogP contribution in [0.1, 0.15) is 60.0 Å². The van der Waals surface area contributed by atoms with Crippen molar-refractivity contribution in [2.45, 2.75) is 58.8 Å². The van der Waals surface area contributed by atoms with Crippen LogP contribution in [0.2, 0.25) is 0 Å². The van der Waals surface area contributed by atoms with Crippen LogP contribution in [0.15, 0.2) is 42.5 Å². The molecule has 0 aliphatic carbocycles. The maximum absolute atomic E-state index is 12.9. The van der Waals surface area contributed by atoms with Crippen molar-refractivity contribution in [1.82, 2.24) is 9.62 Å². The Morgan fingerprint density at radius 2 is 1.65 bits per heavy atom. The molecule has 168 valence electrons. The number of sulfonamides is 1. The number of aryl methyl sites for hydroxylation is 3. The highest BCUT2D eigenvalue weighted by Crippen LogP contribution is 2.25. The van der Waals surface area contributed by atoms with E-state index < -0.39 is 10.0 Å². The first-order chi connectivity index (χ1) is 14.7. The first-order valence-corrected chi connectivity index (χ1v) is 12.7. The number of nitrogens with zero attached hydrogens (tertiary/aromatic N) is 1. The molecule has 0 aromatic heterocycles. The molecule has 1 N–H and O–H groups in total. The number of amides is 1. The monoisotopic (exact) mass is 442 g/mol. The van der Waals surface area contributed by atoms with Gasteiger partial charge in [0.15, 0.2) is 0 Å². The summed E-state index contributed by atoms with van der Waals surface area (Å²) in [5.74, 6) is -0.109. The SMILES string of the molecule is CCC(NC(=O)C1CCN(S(=O)(=O)Cc2ccc(C)cc2)CC1)c1ccc(C)cc1C. The van der Waals surface area contributed by atoms with E-state index >= 15 is 0 Å². The standard InChI is InChI=1S/C25H34N2O3S/c1-5-24(23-11-8-19(3)16-20(23)4)26-25(28)22-12-14-27(15-13-22)31(29,30)17-21-9-6-18(2)7-10-21/h6-11,16,22,24H,5,12-15,17H2,1-4H3,(H,26,28). The molecule has 5 nitrogen and oxygen atoms in total. The summed E-state index contributed by atoms with van der Waals surface area (Å²) in [6.07, 6.45) is 1.93. The average molecular weight is 443 g/mol. The Hall–Kier alpha value is -2.18. The molecule has 0 spiro atoms. The summed E-state index contributed by atoms with van der Waals surface area (Å²) in [6.45, 7) is 8.99. The van der Waals surface area contributed by atoms with E-state index in [2.05, 4.69) is 44.3 Å². The maximum atomic E-state index is 12.9. The van der Waals surface area contributed by atoms with Crippen LogP contribution < -0.4 is 5.32 Å². The van der Waals surface area contributed by atoms with E-state index in [0.29, 0.717) is 25.9 Å². The van der Waals surface area contributed by atoms with Gasteiger partial charge in [0.2, 0.25) is 15.9 Å². The van der Waals surface area contributed by atoms with Gasteiger partial charge in [0.1, 0.15) is 0 Å². The Balaban J connectivity index is 1.58. The van der Waals surface area contributed by atoms with Gasteiger partial charge in [0.25, 0.3) is 0 Å². The summed E-state index contributed by atoms with van der Waals surface area (Å²) in [7, 11) is -3.38. The minimum absolute atomic E-state index is 0.00868. The molecule has 0 radical (unpaired) electrons. The summed E-state index contributed by atoms with van der Waals surface area (Å²) in [4.78, 5) is 12.9. The van der Waals surface area contributed by atoms with Gasteiger partial charge < -0.3 is 5.32 Å². The number of hydrogen-bond donors (Lipinski definition) is 1. The summed E-state index contributed by atoms with van der Waals surface area (Å²) in [6, 6.07) is 13.9. The van der Waals surface area contributed by atoms with Crippen molar-refractivity contribution in [2.75, 3.05) is 13.1 Å². The number of carbonyl (C=O) groups excluding carboxylic acids is 1. The van der Waals surface area contributed by atoms with Crippen LogP contribution in [0.5, 0.6) is 0 Å². The van der Waals surface area contributed by atoms with Crippen molar-refractivity contribution in [2.24, 2.45) is 5.92 Å². The number of benzene rings is 2. The van der Waals surface area contributed by atoms with E-state index in [1.54, 1.807) is 0 Å². The van der Waals surface area contributed by atoms with Crippen molar-refractivity contribution < 1.29 is 13.2 Å². The molecule has 3 rings (SSSR count). The van der Waals surface area contributed by atoms with Crippen LogP contribution >= 0.6 is 0 Å². The number of hydrogen-bond acceptors (Lipinski definition) is 3. The van der Waals surface area contributed by atoms with E-state index in [0.717, 1.165) is 23.1 Å². The molecule has 6 heteroatoms. The zero-order chi connectivity index (χ0) is 22.6. The molecule has 31 heavy (non-hydrogen) atoms. The highest BCUT2D eigenvalue weighted by atomic mass is 32.2. The van der Waals surface area contributed by atoms with Crippen LogP contribution in [-0.2, 0) is 20.6 Å². The molecule has 1 saturated heterocycles. The molecular weight excluding hydrogens is 408 g/mol. The lowest BCUT2D eigenvalue weighted by molar-refractivity contribution is -0.126. The lowest BCUT2D eigenvalue weighted by Gasteiger charge is -2.31. The van der Waals surface area contributed by atoms with Gasteiger partial charge in [0.05, 0.1) is 11.8 Å². The van der Waals surface area contributed by atoms with Gasteiger partial charge in [-0.1, -0.05) is 60.5 Å². The quantitative estimate of drug-likeness (QED) is 0.690. The fraction of sp³-hybridized carbons (Fsp3) is 0.480. The third kappa shape index (κ3) is 5.95. The predicted molar refractivity (Wildman–Crippen MR) is 125 cm³/mol. The van der Waals surface area contributed by atoms with E-state index in [1.165, 1.54) is 15.4 Å². The molecule has 1 atom stereocenters. The van der Waals surface area contributed by atoms with Crippen LogP contribution in [0.25, 0.3) is 0 Å². The van der Waals surface area contributed by atoms with E-state index in [9.17, 15) is 13.2 Å². The lowest BCUT2D eigenvalue weighted by atomic mass is 9.94. The van der Waals surface area contributed by atoms with Crippen LogP contribution in [-0.4, -0.2) is 31.7 Å². The van der Waals surface area contributed by atoms with Gasteiger partial charge in [-0.3, -0.25) is 4.79 Å². The average Bonchev–Trinajstić information content (AvgIpc) is 2.74. The summed E-state index contributed by atoms with van der Waals surface area (Å²) in [5, 5.41) is 3.20. The first-order valence-electron chi connectivity index (χ1n) is 11.1. The molecule has 0 bridgehead atoms. The summed E-state index contributed by atoms with van der Waals surface area (Å²) in [5.41, 5.74) is 5.45. The third-order valence-corrected chi connectivity index (χ3v) is 8.06. The van der Waals surface area contributed by atoms with Crippen LogP contribution in [0, 0.1) is 26.7 Å². The van der Waals surface area contributed by atoms with Gasteiger partial charge in [-0.2, -0.15) is 0 Å². The lowest BCUT2D eigenvalue weighted by Crippen LogP contribution is -2.44. The van der Waals surface area contributed by atoms with Gasteiger partial charge in [-0.05, 0) is 56.7 Å². The second-order valence-electron chi connectivity index (χ2n) is 8.74. The van der Waals surface area contributed by atoms with Gasteiger partial charge >= 0.3 is 0 Å². The Bertz CT molecular complexity index is 1010. The van der Waals surface area contributed by atoms with Gasteiger partial charge in [-0.25, -0.2) is 12.7 Å². The molecule has 1 amide bonds. The zero-order valence-electron chi connectivity index (χ0n) is 19.0. The molecule has 1 aliphatic heterocycles. The molecule has 1 heterocycles. The normalized spacial score (nSPS) is 16.8. The number of nitrogens with one attached hydrogen (secondary N) is 1. The zero-order valence-corrected chi connectivity index (χ0v) is 19.8. The highest BCUT2D eigenvalue weighted by molar-refractivity contribution is 7.88. The topological polar surface area (TPSA) is 66.5 Å². The Labute approximate surface area is 186 Å². The Morgan fingerprint density at radius 1 is 1.03 bits per heavy atom. The molecule has 1 fully saturated rings. The van der Waals surface area contributed by atoms with Crippen molar-refractivity contribution >= 4 is 15.9 Å². The van der Waals surface area contributed by atoms with E-state index in [1.807, 2.05) is 31.2 Å². The highest BCUT2D eigenvalue weighted by Gasteiger charge is 2.32. The van der Waals surface area contributed by atoms with Gasteiger partial charge in [0, 0.05) is 19.0 Å². The fourth-order valence-corrected chi connectivity index (χ4v) is 5.85. The van der Waals surface area contributed by atoms with Crippen molar-refractivity contribution in [1.29, 1.82) is 0 Å². The summed E-state index contributed by atoms with van der Waals surface area (Å²) >= 11 is 0. The number of rotatable bonds is 7. The molecule has 1 aliphatic rings. The Kier molecular flexibility index (Phi) is 7.55. The minimum Gasteiger partial charge on any atom is -0.349 e. The second-order valence-corrected chi connectivity index (χ2v) is 10.7. The van der Waals surface area contributed by atoms with Crippen molar-refractivity contribution in [3.63, 3.8) is 0 Å². The van der Waals surface area contributed by atoms with Crippen molar-refractivity contribution in [3.8, 4) is 0 Å². The molecule has 0 saturated carbocycles. The van der Waals surface area contributed by atoms with Crippen molar-refractivity contribution in [3.05, 3.63) is 70.3 Å². The van der Waals surface area contributed by atoms with E-state index in [4.69, 9.17) is 0 Å². The van der Waals surface area contributed by atoms with Gasteiger partial charge in [-0.15, -0.1) is 0 Å². The number of carbonyl (C=O) groups is 1. The molecular formula is C25H34N2O3S. The summed E-state index contributed by atoms with van der Waals surface area (Å²) < 4.78 is 27.2. The maximum Gasteiger partial charge on any atom is 0.223 e. The van der Waals surface area contributed by atoms with Crippen LogP contribution in [0.3, 0.4) is 0 Å². The third-order valence-electron chi connectivity index (χ3n) is 6.21. The minimum atomic E-state index is -3.38. The molecule has 2 aromatic carbocycles. The molecule has 2 aromatic rings. The number of piperidine rings is 1.